The number of aryl methyl sites for hydroxylation is 1. The van der Waals surface area contributed by atoms with Crippen molar-refractivity contribution in [1.29, 1.82) is 0 Å². The van der Waals surface area contributed by atoms with Gasteiger partial charge in [-0.05, 0) is 45.8 Å². The second-order valence-corrected chi connectivity index (χ2v) is 6.94. The molecule has 2 aliphatic heterocycles. The first-order valence-corrected chi connectivity index (χ1v) is 8.00. The van der Waals surface area contributed by atoms with E-state index in [0.717, 1.165) is 12.6 Å². The van der Waals surface area contributed by atoms with Gasteiger partial charge in [-0.1, -0.05) is 6.42 Å². The first-order chi connectivity index (χ1) is 8.81. The number of piperidine rings is 1. The highest BCUT2D eigenvalue weighted by Gasteiger charge is 2.27. The van der Waals surface area contributed by atoms with Crippen molar-refractivity contribution in [2.24, 2.45) is 0 Å². The molecule has 1 aromatic heterocycles. The van der Waals surface area contributed by atoms with E-state index in [2.05, 4.69) is 27.9 Å². The molecule has 4 heteroatoms. The van der Waals surface area contributed by atoms with Crippen LogP contribution >= 0.6 is 11.3 Å². The normalized spacial score (nSPS) is 26.8. The van der Waals surface area contributed by atoms with Crippen LogP contribution in [-0.4, -0.2) is 47.0 Å². The minimum Gasteiger partial charge on any atom is -0.299 e. The van der Waals surface area contributed by atoms with E-state index in [1.807, 2.05) is 11.3 Å². The van der Waals surface area contributed by atoms with E-state index in [4.69, 9.17) is 0 Å². The predicted octanol–water partition coefficient (Wildman–Crippen LogP) is 2.51. The average Bonchev–Trinajstić information content (AvgIpc) is 2.66. The molecule has 0 aromatic carbocycles. The number of hydrogen-bond donors (Lipinski definition) is 0. The second kappa shape index (κ2) is 5.68. The molecule has 3 nitrogen and oxygen atoms in total. The molecule has 3 heterocycles. The monoisotopic (exact) mass is 265 g/mol. The summed E-state index contributed by atoms with van der Waals surface area (Å²) < 4.78 is 0. The number of rotatable bonds is 2. The molecule has 0 aliphatic carbocycles. The highest BCUT2D eigenvalue weighted by molar-refractivity contribution is 7.11. The summed E-state index contributed by atoms with van der Waals surface area (Å²) in [6.07, 6.45) is 7.62. The molecule has 2 saturated heterocycles. The van der Waals surface area contributed by atoms with Gasteiger partial charge in [0.1, 0.15) is 0 Å². The molecule has 0 amide bonds. The van der Waals surface area contributed by atoms with Gasteiger partial charge in [0, 0.05) is 30.2 Å². The molecule has 1 atom stereocenters. The van der Waals surface area contributed by atoms with Crippen molar-refractivity contribution in [3.8, 4) is 0 Å². The SMILES string of the molecule is Cc1ncc(CN2CCCN3CCCCC3C2)s1. The molecular formula is C14H23N3S. The molecule has 3 rings (SSSR count). The van der Waals surface area contributed by atoms with E-state index in [9.17, 15) is 0 Å². The Morgan fingerprint density at radius 1 is 1.28 bits per heavy atom. The Bertz CT molecular complexity index is 390. The van der Waals surface area contributed by atoms with E-state index < -0.39 is 0 Å². The van der Waals surface area contributed by atoms with E-state index in [0.29, 0.717) is 0 Å². The Labute approximate surface area is 114 Å². The number of nitrogens with zero attached hydrogens (tertiary/aromatic N) is 3. The number of aromatic nitrogens is 1. The van der Waals surface area contributed by atoms with Gasteiger partial charge in [0.15, 0.2) is 0 Å². The lowest BCUT2D eigenvalue weighted by Gasteiger charge is -2.35. The zero-order chi connectivity index (χ0) is 12.4. The lowest BCUT2D eigenvalue weighted by atomic mass is 10.0. The van der Waals surface area contributed by atoms with E-state index in [1.165, 1.54) is 61.7 Å². The van der Waals surface area contributed by atoms with Crippen LogP contribution in [0.4, 0.5) is 0 Å². The average molecular weight is 265 g/mol. The van der Waals surface area contributed by atoms with Gasteiger partial charge in [-0.15, -0.1) is 11.3 Å². The minimum absolute atomic E-state index is 0.815. The van der Waals surface area contributed by atoms with Gasteiger partial charge >= 0.3 is 0 Å². The van der Waals surface area contributed by atoms with Crippen molar-refractivity contribution in [3.63, 3.8) is 0 Å². The fourth-order valence-corrected chi connectivity index (χ4v) is 4.13. The van der Waals surface area contributed by atoms with Crippen LogP contribution in [0.1, 0.15) is 35.6 Å². The number of thiazole rings is 1. The summed E-state index contributed by atoms with van der Waals surface area (Å²) in [7, 11) is 0. The summed E-state index contributed by atoms with van der Waals surface area (Å²) in [5.41, 5.74) is 0. The topological polar surface area (TPSA) is 19.4 Å². The molecule has 1 unspecified atom stereocenters. The van der Waals surface area contributed by atoms with E-state index in [1.54, 1.807) is 0 Å². The van der Waals surface area contributed by atoms with Crippen LogP contribution in [0.3, 0.4) is 0 Å². The van der Waals surface area contributed by atoms with Crippen molar-refractivity contribution < 1.29 is 0 Å². The summed E-state index contributed by atoms with van der Waals surface area (Å²) in [6, 6.07) is 0.815. The van der Waals surface area contributed by atoms with Gasteiger partial charge < -0.3 is 0 Å². The van der Waals surface area contributed by atoms with Crippen molar-refractivity contribution in [3.05, 3.63) is 16.1 Å². The first kappa shape index (κ1) is 12.6. The van der Waals surface area contributed by atoms with Gasteiger partial charge in [-0.3, -0.25) is 9.80 Å². The van der Waals surface area contributed by atoms with Gasteiger partial charge in [-0.2, -0.15) is 0 Å². The summed E-state index contributed by atoms with van der Waals surface area (Å²) in [5.74, 6) is 0. The van der Waals surface area contributed by atoms with Crippen LogP contribution in [0.25, 0.3) is 0 Å². The lowest BCUT2D eigenvalue weighted by Crippen LogP contribution is -2.43. The quantitative estimate of drug-likeness (QED) is 0.819. The predicted molar refractivity (Wildman–Crippen MR) is 76.0 cm³/mol. The fraction of sp³-hybridized carbons (Fsp3) is 0.786. The van der Waals surface area contributed by atoms with Crippen LogP contribution < -0.4 is 0 Å². The maximum Gasteiger partial charge on any atom is 0.0897 e. The zero-order valence-electron chi connectivity index (χ0n) is 11.3. The molecule has 2 aliphatic rings. The summed E-state index contributed by atoms with van der Waals surface area (Å²) in [4.78, 5) is 11.2. The van der Waals surface area contributed by atoms with Crippen LogP contribution in [0.5, 0.6) is 0 Å². The molecular weight excluding hydrogens is 242 g/mol. The van der Waals surface area contributed by atoms with Gasteiger partial charge in [0.25, 0.3) is 0 Å². The van der Waals surface area contributed by atoms with Gasteiger partial charge in [-0.25, -0.2) is 4.98 Å². The standard InChI is InChI=1S/C14H23N3S/c1-12-15-9-14(18-12)11-16-6-4-8-17-7-3-2-5-13(17)10-16/h9,13H,2-8,10-11H2,1H3. The Kier molecular flexibility index (Phi) is 3.97. The molecule has 1 aromatic rings. The summed E-state index contributed by atoms with van der Waals surface area (Å²) in [6.45, 7) is 8.36. The van der Waals surface area contributed by atoms with Crippen LogP contribution in [0, 0.1) is 6.92 Å². The third-order valence-corrected chi connectivity index (χ3v) is 5.08. The van der Waals surface area contributed by atoms with Crippen molar-refractivity contribution >= 4 is 11.3 Å². The third kappa shape index (κ3) is 2.92. The van der Waals surface area contributed by atoms with Crippen LogP contribution in [0.2, 0.25) is 0 Å². The Hall–Kier alpha value is -0.450. The molecule has 0 N–H and O–H groups in total. The maximum atomic E-state index is 4.37. The molecule has 0 bridgehead atoms. The second-order valence-electron chi connectivity index (χ2n) is 5.62. The zero-order valence-corrected chi connectivity index (χ0v) is 12.1. The smallest absolute Gasteiger partial charge is 0.0897 e. The molecule has 2 fully saturated rings. The lowest BCUT2D eigenvalue weighted by molar-refractivity contribution is 0.135. The Balaban J connectivity index is 1.62. The van der Waals surface area contributed by atoms with Crippen molar-refractivity contribution in [2.45, 2.75) is 45.2 Å². The van der Waals surface area contributed by atoms with Crippen molar-refractivity contribution in [2.75, 3.05) is 26.2 Å². The maximum absolute atomic E-state index is 4.37. The highest BCUT2D eigenvalue weighted by atomic mass is 32.1. The first-order valence-electron chi connectivity index (χ1n) is 7.19. The van der Waals surface area contributed by atoms with E-state index in [-0.39, 0.29) is 0 Å². The largest absolute Gasteiger partial charge is 0.299 e. The number of hydrogen-bond acceptors (Lipinski definition) is 4. The van der Waals surface area contributed by atoms with Gasteiger partial charge in [0.05, 0.1) is 5.01 Å². The number of fused-ring (bicyclic) bond motifs is 1. The Morgan fingerprint density at radius 3 is 3.00 bits per heavy atom. The summed E-state index contributed by atoms with van der Waals surface area (Å²) >= 11 is 1.85. The third-order valence-electron chi connectivity index (χ3n) is 4.19. The molecule has 0 spiro atoms. The fourth-order valence-electron chi connectivity index (χ4n) is 3.29. The molecule has 100 valence electrons. The van der Waals surface area contributed by atoms with Crippen LogP contribution in [0.15, 0.2) is 6.20 Å². The van der Waals surface area contributed by atoms with Crippen LogP contribution in [-0.2, 0) is 6.54 Å². The van der Waals surface area contributed by atoms with E-state index >= 15 is 0 Å². The summed E-state index contributed by atoms with van der Waals surface area (Å²) in [5, 5.41) is 1.19. The van der Waals surface area contributed by atoms with Gasteiger partial charge in [0.2, 0.25) is 0 Å². The van der Waals surface area contributed by atoms with Crippen molar-refractivity contribution in [1.82, 2.24) is 14.8 Å². The molecule has 0 radical (unpaired) electrons. The molecule has 18 heavy (non-hydrogen) atoms. The highest BCUT2D eigenvalue weighted by Crippen LogP contribution is 2.22. The minimum atomic E-state index is 0.815. The molecule has 0 saturated carbocycles. The Morgan fingerprint density at radius 2 is 2.17 bits per heavy atom.